The Bertz CT molecular complexity index is 367. The quantitative estimate of drug-likeness (QED) is 0.705. The first-order valence-corrected chi connectivity index (χ1v) is 7.71. The molecule has 5 heteroatoms. The molecule has 1 rings (SSSR count). The molecule has 1 aliphatic heterocycles. The van der Waals surface area contributed by atoms with Crippen LogP contribution in [-0.4, -0.2) is 49.7 Å². The van der Waals surface area contributed by atoms with Gasteiger partial charge in [0.2, 0.25) is 5.91 Å². The van der Waals surface area contributed by atoms with Crippen molar-refractivity contribution in [3.8, 4) is 0 Å². The summed E-state index contributed by atoms with van der Waals surface area (Å²) in [5, 5.41) is 0. The number of nitrogens with zero attached hydrogens (tertiary/aromatic N) is 1. The van der Waals surface area contributed by atoms with Crippen LogP contribution in [0.4, 0.5) is 0 Å². The van der Waals surface area contributed by atoms with E-state index in [1.165, 1.54) is 7.11 Å². The van der Waals surface area contributed by atoms with E-state index in [0.717, 1.165) is 6.42 Å². The molecule has 0 bridgehead atoms. The van der Waals surface area contributed by atoms with Crippen LogP contribution in [0.25, 0.3) is 0 Å². The molecule has 0 aromatic carbocycles. The molecule has 21 heavy (non-hydrogen) atoms. The molecular formula is C16H29NO4. The fourth-order valence-electron chi connectivity index (χ4n) is 2.97. The number of hydrogen-bond acceptors (Lipinski definition) is 4. The smallest absolute Gasteiger partial charge is 0.306 e. The van der Waals surface area contributed by atoms with Gasteiger partial charge < -0.3 is 14.4 Å². The second-order valence-corrected chi connectivity index (χ2v) is 6.53. The first-order chi connectivity index (χ1) is 9.81. The molecule has 0 saturated carbocycles. The maximum atomic E-state index is 12.9. The molecule has 5 nitrogen and oxygen atoms in total. The monoisotopic (exact) mass is 299 g/mol. The summed E-state index contributed by atoms with van der Waals surface area (Å²) in [6.45, 7) is 8.80. The van der Waals surface area contributed by atoms with Crippen molar-refractivity contribution in [3.05, 3.63) is 0 Å². The molecule has 1 fully saturated rings. The molecule has 0 N–H and O–H groups in total. The van der Waals surface area contributed by atoms with Crippen molar-refractivity contribution in [2.24, 2.45) is 17.8 Å². The van der Waals surface area contributed by atoms with Gasteiger partial charge in [-0.2, -0.15) is 0 Å². The van der Waals surface area contributed by atoms with Gasteiger partial charge in [0, 0.05) is 19.7 Å². The topological polar surface area (TPSA) is 55.8 Å². The van der Waals surface area contributed by atoms with Crippen molar-refractivity contribution in [2.75, 3.05) is 20.8 Å². The number of likely N-dealkylation sites (tertiary alicyclic amines) is 1. The predicted molar refractivity (Wildman–Crippen MR) is 80.7 cm³/mol. The van der Waals surface area contributed by atoms with E-state index in [-0.39, 0.29) is 42.3 Å². The minimum atomic E-state index is -0.328. The lowest BCUT2D eigenvalue weighted by atomic mass is 9.90. The van der Waals surface area contributed by atoms with Crippen molar-refractivity contribution < 1.29 is 19.1 Å². The van der Waals surface area contributed by atoms with Crippen LogP contribution < -0.4 is 0 Å². The van der Waals surface area contributed by atoms with E-state index in [9.17, 15) is 9.59 Å². The Balaban J connectivity index is 2.88. The van der Waals surface area contributed by atoms with Crippen LogP contribution in [0, 0.1) is 17.8 Å². The zero-order chi connectivity index (χ0) is 16.2. The van der Waals surface area contributed by atoms with E-state index in [0.29, 0.717) is 12.5 Å². The highest BCUT2D eigenvalue weighted by Gasteiger charge is 2.40. The number of ether oxygens (including phenoxy) is 2. The molecular weight excluding hydrogens is 270 g/mol. The largest absolute Gasteiger partial charge is 0.469 e. The van der Waals surface area contributed by atoms with Gasteiger partial charge in [0.05, 0.1) is 25.6 Å². The van der Waals surface area contributed by atoms with Crippen LogP contribution in [0.5, 0.6) is 0 Å². The Hall–Kier alpha value is -1.10. The van der Waals surface area contributed by atoms with E-state index < -0.39 is 0 Å². The Morgan fingerprint density at radius 3 is 2.24 bits per heavy atom. The second kappa shape index (κ2) is 7.78. The van der Waals surface area contributed by atoms with Crippen molar-refractivity contribution in [1.29, 1.82) is 0 Å². The third-order valence-corrected chi connectivity index (χ3v) is 4.43. The molecule has 0 spiro atoms. The lowest BCUT2D eigenvalue weighted by molar-refractivity contribution is -0.148. The summed E-state index contributed by atoms with van der Waals surface area (Å²) in [6.07, 6.45) is 1.10. The number of carbonyl (C=O) groups is 2. The van der Waals surface area contributed by atoms with Crippen LogP contribution in [0.3, 0.4) is 0 Å². The van der Waals surface area contributed by atoms with Gasteiger partial charge >= 0.3 is 5.97 Å². The van der Waals surface area contributed by atoms with Gasteiger partial charge in [0.15, 0.2) is 0 Å². The number of carbonyl (C=O) groups excluding carboxylic acids is 2. The molecule has 0 unspecified atom stereocenters. The first-order valence-electron chi connectivity index (χ1n) is 7.71. The second-order valence-electron chi connectivity index (χ2n) is 6.53. The number of esters is 1. The Labute approximate surface area is 128 Å². The van der Waals surface area contributed by atoms with Gasteiger partial charge in [0.1, 0.15) is 0 Å². The summed E-state index contributed by atoms with van der Waals surface area (Å²) in [4.78, 5) is 26.4. The third-order valence-electron chi connectivity index (χ3n) is 4.43. The number of rotatable bonds is 6. The van der Waals surface area contributed by atoms with Gasteiger partial charge in [0.25, 0.3) is 0 Å². The van der Waals surface area contributed by atoms with E-state index in [2.05, 4.69) is 13.8 Å². The van der Waals surface area contributed by atoms with Gasteiger partial charge in [-0.25, -0.2) is 0 Å². The fraction of sp³-hybridized carbons (Fsp3) is 0.875. The van der Waals surface area contributed by atoms with Crippen LogP contribution in [-0.2, 0) is 19.1 Å². The standard InChI is InChI=1S/C16H29NO4/c1-10(2)13(8-15(18)21-6)16(19)17-9-12(20-5)7-14(17)11(3)4/h10-14H,7-9H2,1-6H3/t12-,13-,14-/m0/s1. The van der Waals surface area contributed by atoms with Crippen molar-refractivity contribution in [3.63, 3.8) is 0 Å². The summed E-state index contributed by atoms with van der Waals surface area (Å²) in [6, 6.07) is 0.182. The highest BCUT2D eigenvalue weighted by molar-refractivity contribution is 5.84. The molecule has 122 valence electrons. The van der Waals surface area contributed by atoms with Crippen molar-refractivity contribution in [1.82, 2.24) is 4.90 Å². The maximum Gasteiger partial charge on any atom is 0.306 e. The maximum absolute atomic E-state index is 12.9. The van der Waals surface area contributed by atoms with Gasteiger partial charge in [-0.3, -0.25) is 9.59 Å². The summed E-state index contributed by atoms with van der Waals surface area (Å²) in [7, 11) is 3.04. The van der Waals surface area contributed by atoms with E-state index in [1.54, 1.807) is 7.11 Å². The summed E-state index contributed by atoms with van der Waals surface area (Å²) in [5.41, 5.74) is 0. The van der Waals surface area contributed by atoms with Crippen LogP contribution in [0.15, 0.2) is 0 Å². The SMILES string of the molecule is COC(=O)C[C@H](C(=O)N1C[C@@H](OC)C[C@H]1C(C)C)C(C)C. The summed E-state index contributed by atoms with van der Waals surface area (Å²) >= 11 is 0. The van der Waals surface area contributed by atoms with E-state index in [1.807, 2.05) is 18.7 Å². The molecule has 1 amide bonds. The molecule has 0 aromatic rings. The Morgan fingerprint density at radius 2 is 1.81 bits per heavy atom. The average Bonchev–Trinajstić information content (AvgIpc) is 2.87. The minimum Gasteiger partial charge on any atom is -0.469 e. The molecule has 0 aliphatic carbocycles. The lowest BCUT2D eigenvalue weighted by Crippen LogP contribution is -2.44. The fourth-order valence-corrected chi connectivity index (χ4v) is 2.97. The number of methoxy groups -OCH3 is 2. The highest BCUT2D eigenvalue weighted by atomic mass is 16.5. The van der Waals surface area contributed by atoms with Crippen LogP contribution in [0.1, 0.15) is 40.5 Å². The average molecular weight is 299 g/mol. The van der Waals surface area contributed by atoms with Gasteiger partial charge in [-0.05, 0) is 18.3 Å². The molecule has 1 heterocycles. The zero-order valence-electron chi connectivity index (χ0n) is 14.1. The first kappa shape index (κ1) is 18.0. The molecule has 3 atom stereocenters. The Morgan fingerprint density at radius 1 is 1.19 bits per heavy atom. The van der Waals surface area contributed by atoms with Crippen LogP contribution in [0.2, 0.25) is 0 Å². The van der Waals surface area contributed by atoms with Gasteiger partial charge in [-0.1, -0.05) is 27.7 Å². The van der Waals surface area contributed by atoms with Crippen LogP contribution >= 0.6 is 0 Å². The number of hydrogen-bond donors (Lipinski definition) is 0. The zero-order valence-corrected chi connectivity index (χ0v) is 14.1. The van der Waals surface area contributed by atoms with E-state index >= 15 is 0 Å². The molecule has 1 saturated heterocycles. The highest BCUT2D eigenvalue weighted by Crippen LogP contribution is 2.30. The van der Waals surface area contributed by atoms with Gasteiger partial charge in [-0.15, -0.1) is 0 Å². The van der Waals surface area contributed by atoms with E-state index in [4.69, 9.17) is 9.47 Å². The number of amides is 1. The van der Waals surface area contributed by atoms with Crippen molar-refractivity contribution >= 4 is 11.9 Å². The molecule has 0 aromatic heterocycles. The molecule has 1 aliphatic rings. The molecule has 0 radical (unpaired) electrons. The predicted octanol–water partition coefficient (Wildman–Crippen LogP) is 2.09. The summed E-state index contributed by atoms with van der Waals surface area (Å²) < 4.78 is 10.2. The van der Waals surface area contributed by atoms with Crippen molar-refractivity contribution in [2.45, 2.75) is 52.7 Å². The lowest BCUT2D eigenvalue weighted by Gasteiger charge is -2.32. The minimum absolute atomic E-state index is 0.0497. The Kier molecular flexibility index (Phi) is 6.65. The third kappa shape index (κ3) is 4.43. The summed E-state index contributed by atoms with van der Waals surface area (Å²) in [5.74, 6) is -0.125. The normalized spacial score (nSPS) is 23.7.